The summed E-state index contributed by atoms with van der Waals surface area (Å²) in [4.78, 5) is 13.7. The van der Waals surface area contributed by atoms with E-state index in [9.17, 15) is 4.79 Å². The van der Waals surface area contributed by atoms with Crippen LogP contribution in [0.3, 0.4) is 0 Å². The zero-order valence-electron chi connectivity index (χ0n) is 24.7. The van der Waals surface area contributed by atoms with E-state index in [2.05, 4.69) is 42.4 Å². The summed E-state index contributed by atoms with van der Waals surface area (Å²) in [6.45, 7) is 11.5. The highest BCUT2D eigenvalue weighted by Gasteiger charge is 2.61. The molecule has 0 amide bonds. The average molecular weight is 526 g/mol. The zero-order valence-corrected chi connectivity index (χ0v) is 24.7. The zero-order chi connectivity index (χ0) is 27.5. The van der Waals surface area contributed by atoms with Crippen LogP contribution in [0.4, 0.5) is 0 Å². The Morgan fingerprint density at radius 1 is 1.03 bits per heavy atom. The molecule has 0 aromatic rings. The number of Topliss-reactive ketones (excluding diaryl/α,β-unsaturated/α-hetero) is 1. The van der Waals surface area contributed by atoms with E-state index in [4.69, 9.17) is 4.74 Å². The number of nitrogens with zero attached hydrogens (tertiary/aromatic N) is 3. The van der Waals surface area contributed by atoms with Crippen LogP contribution >= 0.6 is 0 Å². The van der Waals surface area contributed by atoms with Crippen LogP contribution in [-0.4, -0.2) is 51.2 Å². The van der Waals surface area contributed by atoms with Crippen molar-refractivity contribution >= 4 is 18.2 Å². The Balaban J connectivity index is 0.00000107. The Hall–Kier alpha value is -1.95. The number of hydrogen-bond acceptors (Lipinski definition) is 6. The van der Waals surface area contributed by atoms with E-state index in [0.717, 1.165) is 41.6 Å². The smallest absolute Gasteiger partial charge is 0.159 e. The molecule has 4 saturated carbocycles. The third kappa shape index (κ3) is 5.52. The third-order valence-electron chi connectivity index (χ3n) is 11.2. The molecule has 5 aliphatic rings. The Bertz CT molecular complexity index is 958. The van der Waals surface area contributed by atoms with Crippen molar-refractivity contribution in [1.29, 1.82) is 0 Å². The molecule has 0 aromatic carbocycles. The highest BCUT2D eigenvalue weighted by Crippen LogP contribution is 2.67. The number of carbonyl (C=O) groups is 1. The lowest BCUT2D eigenvalue weighted by Crippen LogP contribution is -2.54. The van der Waals surface area contributed by atoms with Crippen LogP contribution in [0.1, 0.15) is 85.0 Å². The molecule has 0 N–H and O–H groups in total. The van der Waals surface area contributed by atoms with Crippen molar-refractivity contribution in [2.24, 2.45) is 56.5 Å². The average Bonchev–Trinajstić information content (AvgIpc) is 3.27. The van der Waals surface area contributed by atoms with Gasteiger partial charge in [0.05, 0.1) is 12.8 Å². The standard InChI is InChI=1S/C30H45N3O2.C2H6O/c1-20-14-16-29(2)21(18-20)6-11-24-25-12-13-27(30(25,3)17-15-26(24)29)28(34)19-33(31-4)32-22-7-9-23(35-5)10-8-22;1-3-2/h7,9-10,20-21,24-27H,4,6,8,11-19H2,1-3,5H3;1-2H3/b32-22-;. The van der Waals surface area contributed by atoms with Crippen molar-refractivity contribution in [3.05, 3.63) is 24.0 Å². The fourth-order valence-electron chi connectivity index (χ4n) is 9.26. The summed E-state index contributed by atoms with van der Waals surface area (Å²) in [5.41, 5.74) is 1.53. The van der Waals surface area contributed by atoms with Gasteiger partial charge in [-0.25, -0.2) is 0 Å². The molecule has 0 bridgehead atoms. The van der Waals surface area contributed by atoms with Crippen LogP contribution in [0.15, 0.2) is 34.2 Å². The molecular weight excluding hydrogens is 474 g/mol. The van der Waals surface area contributed by atoms with Gasteiger partial charge in [0.25, 0.3) is 0 Å². The second kappa shape index (κ2) is 12.1. The molecule has 8 unspecified atom stereocenters. The van der Waals surface area contributed by atoms with Crippen LogP contribution in [0, 0.1) is 46.3 Å². The molecule has 0 spiro atoms. The van der Waals surface area contributed by atoms with Gasteiger partial charge in [0.2, 0.25) is 0 Å². The molecule has 38 heavy (non-hydrogen) atoms. The SMILES string of the molecule is C=NN(CC(=O)C1CCC2C3CCC4CC(C)CCC4(C)C3CCC12C)/N=C1/C=CC(OC)=CC1.COC. The molecule has 6 nitrogen and oxygen atoms in total. The lowest BCUT2D eigenvalue weighted by Gasteiger charge is -2.61. The van der Waals surface area contributed by atoms with Crippen LogP contribution in [0.25, 0.3) is 0 Å². The van der Waals surface area contributed by atoms with Crippen molar-refractivity contribution in [2.45, 2.75) is 85.0 Å². The molecule has 6 heteroatoms. The Kier molecular flexibility index (Phi) is 9.22. The summed E-state index contributed by atoms with van der Waals surface area (Å²) in [6.07, 6.45) is 18.3. The minimum atomic E-state index is 0.122. The summed E-state index contributed by atoms with van der Waals surface area (Å²) in [7, 11) is 4.92. The summed E-state index contributed by atoms with van der Waals surface area (Å²) >= 11 is 0. The van der Waals surface area contributed by atoms with E-state index in [1.807, 2.05) is 18.2 Å². The van der Waals surface area contributed by atoms with E-state index < -0.39 is 0 Å². The highest BCUT2D eigenvalue weighted by molar-refractivity contribution is 5.97. The van der Waals surface area contributed by atoms with Crippen molar-refractivity contribution < 1.29 is 14.3 Å². The minimum absolute atomic E-state index is 0.122. The van der Waals surface area contributed by atoms with E-state index >= 15 is 0 Å². The molecule has 0 heterocycles. The predicted molar refractivity (Wildman–Crippen MR) is 155 cm³/mol. The summed E-state index contributed by atoms with van der Waals surface area (Å²) in [6, 6.07) is 0. The van der Waals surface area contributed by atoms with Gasteiger partial charge in [0.15, 0.2) is 5.78 Å². The number of methoxy groups -OCH3 is 2. The first-order chi connectivity index (χ1) is 18.2. The number of fused-ring (bicyclic) bond motifs is 5. The molecule has 0 saturated heterocycles. The van der Waals surface area contributed by atoms with Crippen LogP contribution in [-0.2, 0) is 14.3 Å². The highest BCUT2D eigenvalue weighted by atomic mass is 16.5. The molecule has 8 atom stereocenters. The number of carbonyl (C=O) groups excluding carboxylic acids is 1. The third-order valence-corrected chi connectivity index (χ3v) is 11.2. The van der Waals surface area contributed by atoms with Gasteiger partial charge >= 0.3 is 0 Å². The molecule has 212 valence electrons. The van der Waals surface area contributed by atoms with Gasteiger partial charge in [-0.3, -0.25) is 4.79 Å². The fraction of sp³-hybridized carbons (Fsp3) is 0.781. The molecule has 0 aromatic heterocycles. The summed E-state index contributed by atoms with van der Waals surface area (Å²) in [5.74, 6) is 5.45. The van der Waals surface area contributed by atoms with Gasteiger partial charge in [-0.2, -0.15) is 15.3 Å². The second-order valence-corrected chi connectivity index (χ2v) is 13.2. The minimum Gasteiger partial charge on any atom is -0.497 e. The van der Waals surface area contributed by atoms with E-state index in [1.54, 1.807) is 21.3 Å². The summed E-state index contributed by atoms with van der Waals surface area (Å²) in [5, 5.41) is 10.2. The van der Waals surface area contributed by atoms with Crippen molar-refractivity contribution in [1.82, 2.24) is 5.12 Å². The van der Waals surface area contributed by atoms with Gasteiger partial charge in [-0.1, -0.05) is 27.2 Å². The largest absolute Gasteiger partial charge is 0.497 e. The van der Waals surface area contributed by atoms with Crippen molar-refractivity contribution in [3.63, 3.8) is 0 Å². The van der Waals surface area contributed by atoms with Crippen LogP contribution < -0.4 is 0 Å². The van der Waals surface area contributed by atoms with Crippen LogP contribution in [0.5, 0.6) is 0 Å². The molecule has 0 aliphatic heterocycles. The maximum Gasteiger partial charge on any atom is 0.159 e. The number of hydrogen-bond donors (Lipinski definition) is 0. The Labute approximate surface area is 231 Å². The number of ketones is 1. The molecular formula is C32H51N3O3. The topological polar surface area (TPSA) is 63.5 Å². The lowest BCUT2D eigenvalue weighted by molar-refractivity contribution is -0.137. The molecule has 5 aliphatic carbocycles. The van der Waals surface area contributed by atoms with Gasteiger partial charge in [0.1, 0.15) is 12.3 Å². The Morgan fingerprint density at radius 3 is 2.39 bits per heavy atom. The van der Waals surface area contributed by atoms with Crippen molar-refractivity contribution in [3.8, 4) is 0 Å². The lowest BCUT2D eigenvalue weighted by atomic mass is 9.44. The van der Waals surface area contributed by atoms with Gasteiger partial charge in [-0.05, 0) is 110 Å². The first-order valence-electron chi connectivity index (χ1n) is 14.9. The maximum absolute atomic E-state index is 13.7. The second-order valence-electron chi connectivity index (χ2n) is 13.2. The van der Waals surface area contributed by atoms with Gasteiger partial charge in [-0.15, -0.1) is 0 Å². The van der Waals surface area contributed by atoms with Crippen LogP contribution in [0.2, 0.25) is 0 Å². The first-order valence-corrected chi connectivity index (χ1v) is 14.9. The quantitative estimate of drug-likeness (QED) is 0.280. The first kappa shape index (κ1) is 29.0. The van der Waals surface area contributed by atoms with Crippen molar-refractivity contribution in [2.75, 3.05) is 27.9 Å². The predicted octanol–water partition coefficient (Wildman–Crippen LogP) is 6.88. The fourth-order valence-corrected chi connectivity index (χ4v) is 9.26. The van der Waals surface area contributed by atoms with E-state index in [1.165, 1.54) is 56.5 Å². The van der Waals surface area contributed by atoms with Gasteiger partial charge < -0.3 is 9.47 Å². The molecule has 5 rings (SSSR count). The normalized spacial score (nSPS) is 40.6. The number of ether oxygens (including phenoxy) is 2. The summed E-state index contributed by atoms with van der Waals surface area (Å²) < 4.78 is 9.51. The van der Waals surface area contributed by atoms with E-state index in [-0.39, 0.29) is 17.9 Å². The number of hydrazone groups is 2. The van der Waals surface area contributed by atoms with E-state index in [0.29, 0.717) is 23.5 Å². The Morgan fingerprint density at radius 2 is 1.74 bits per heavy atom. The number of rotatable bonds is 6. The number of allylic oxidation sites excluding steroid dienone is 3. The van der Waals surface area contributed by atoms with Gasteiger partial charge in [0, 0.05) is 33.3 Å². The monoisotopic (exact) mass is 525 g/mol. The maximum atomic E-state index is 13.7. The molecule has 4 fully saturated rings. The molecule has 0 radical (unpaired) electrons.